The maximum absolute atomic E-state index is 11.9. The number of nitrogens with zero attached hydrogens (tertiary/aromatic N) is 2. The second-order valence-electron chi connectivity index (χ2n) is 5.01. The Bertz CT molecular complexity index is 536. The minimum atomic E-state index is -0.0866. The fourth-order valence-corrected chi connectivity index (χ4v) is 1.66. The molecule has 1 aromatic heterocycles. The summed E-state index contributed by atoms with van der Waals surface area (Å²) >= 11 is 0. The van der Waals surface area contributed by atoms with Gasteiger partial charge in [0.05, 0.1) is 6.54 Å². The predicted molar refractivity (Wildman–Crippen MR) is 81.9 cm³/mol. The molecule has 0 aromatic carbocycles. The lowest BCUT2D eigenvalue weighted by atomic mass is 10.0. The fourth-order valence-electron chi connectivity index (χ4n) is 1.66. The number of imidazole rings is 1. The van der Waals surface area contributed by atoms with Crippen LogP contribution in [0, 0.1) is 5.92 Å². The minimum Gasteiger partial charge on any atom is -0.345 e. The van der Waals surface area contributed by atoms with Crippen molar-refractivity contribution in [3.8, 4) is 0 Å². The van der Waals surface area contributed by atoms with Gasteiger partial charge < -0.3 is 9.88 Å². The highest BCUT2D eigenvalue weighted by molar-refractivity contribution is 5.93. The number of carbonyl (C=O) groups excluding carboxylic acids is 1. The molecule has 0 saturated heterocycles. The van der Waals surface area contributed by atoms with Crippen LogP contribution in [0.3, 0.4) is 0 Å². The van der Waals surface area contributed by atoms with Gasteiger partial charge in [-0.05, 0) is 18.4 Å². The smallest absolute Gasteiger partial charge is 0.247 e. The van der Waals surface area contributed by atoms with Crippen molar-refractivity contribution in [3.05, 3.63) is 54.2 Å². The van der Waals surface area contributed by atoms with Crippen LogP contribution in [0.2, 0.25) is 0 Å². The molecule has 1 amide bonds. The maximum atomic E-state index is 11.9. The summed E-state index contributed by atoms with van der Waals surface area (Å²) in [6.45, 7) is 10.2. The molecule has 108 valence electrons. The summed E-state index contributed by atoms with van der Waals surface area (Å²) in [4.78, 5) is 16.1. The molecule has 0 unspecified atom stereocenters. The number of amides is 1. The zero-order valence-corrected chi connectivity index (χ0v) is 12.7. The van der Waals surface area contributed by atoms with Crippen molar-refractivity contribution in [1.82, 2.24) is 14.9 Å². The summed E-state index contributed by atoms with van der Waals surface area (Å²) < 4.78 is 1.88. The molecule has 0 spiro atoms. The van der Waals surface area contributed by atoms with Crippen LogP contribution in [-0.4, -0.2) is 15.5 Å². The maximum Gasteiger partial charge on any atom is 0.247 e. The molecule has 0 atom stereocenters. The molecule has 0 saturated carbocycles. The first-order valence-electron chi connectivity index (χ1n) is 6.71. The summed E-state index contributed by atoms with van der Waals surface area (Å²) in [6, 6.07) is 0. The number of allylic oxidation sites excluding steroid dienone is 4. The zero-order chi connectivity index (χ0) is 15.1. The summed E-state index contributed by atoms with van der Waals surface area (Å²) in [5.41, 5.74) is 1.78. The molecule has 0 bridgehead atoms. The van der Waals surface area contributed by atoms with E-state index in [0.717, 1.165) is 11.4 Å². The third-order valence-corrected chi connectivity index (χ3v) is 3.11. The van der Waals surface area contributed by atoms with Gasteiger partial charge in [0, 0.05) is 25.0 Å². The normalized spacial score (nSPS) is 12.7. The van der Waals surface area contributed by atoms with Crippen LogP contribution in [0.25, 0.3) is 0 Å². The Morgan fingerprint density at radius 3 is 2.70 bits per heavy atom. The number of hydrogen-bond donors (Lipinski definition) is 1. The van der Waals surface area contributed by atoms with Gasteiger partial charge in [0.2, 0.25) is 5.91 Å². The van der Waals surface area contributed by atoms with Crippen molar-refractivity contribution in [2.45, 2.75) is 27.3 Å². The molecular weight excluding hydrogens is 250 g/mol. The van der Waals surface area contributed by atoms with Crippen molar-refractivity contribution in [2.24, 2.45) is 13.0 Å². The van der Waals surface area contributed by atoms with Gasteiger partial charge in [0.15, 0.2) is 0 Å². The molecule has 0 radical (unpaired) electrons. The van der Waals surface area contributed by atoms with E-state index in [4.69, 9.17) is 0 Å². The Morgan fingerprint density at radius 1 is 1.50 bits per heavy atom. The average Bonchev–Trinajstić information content (AvgIpc) is 2.81. The summed E-state index contributed by atoms with van der Waals surface area (Å²) in [5.74, 6) is 1.14. The molecule has 4 nitrogen and oxygen atoms in total. The van der Waals surface area contributed by atoms with Crippen LogP contribution in [0.15, 0.2) is 48.3 Å². The Balaban J connectivity index is 2.63. The van der Waals surface area contributed by atoms with E-state index in [1.54, 1.807) is 13.1 Å². The molecule has 1 aromatic rings. The Morgan fingerprint density at radius 2 is 2.20 bits per heavy atom. The number of rotatable bonds is 6. The lowest BCUT2D eigenvalue weighted by Crippen LogP contribution is -2.24. The third-order valence-electron chi connectivity index (χ3n) is 3.11. The van der Waals surface area contributed by atoms with Crippen LogP contribution in [-0.2, 0) is 18.4 Å². The topological polar surface area (TPSA) is 46.9 Å². The lowest BCUT2D eigenvalue weighted by Gasteiger charge is -2.06. The van der Waals surface area contributed by atoms with Crippen LogP contribution in [0.5, 0.6) is 0 Å². The zero-order valence-electron chi connectivity index (χ0n) is 12.7. The summed E-state index contributed by atoms with van der Waals surface area (Å²) in [5, 5.41) is 2.85. The monoisotopic (exact) mass is 273 g/mol. The highest BCUT2D eigenvalue weighted by Gasteiger charge is 2.05. The third kappa shape index (κ3) is 4.53. The summed E-state index contributed by atoms with van der Waals surface area (Å²) in [7, 11) is 1.90. The highest BCUT2D eigenvalue weighted by Crippen LogP contribution is 2.11. The summed E-state index contributed by atoms with van der Waals surface area (Å²) in [6.07, 6.45) is 9.15. The predicted octanol–water partition coefficient (Wildman–Crippen LogP) is 2.75. The fraction of sp³-hybridized carbons (Fsp3) is 0.375. The molecule has 0 aliphatic carbocycles. The van der Waals surface area contributed by atoms with Crippen LogP contribution < -0.4 is 5.32 Å². The van der Waals surface area contributed by atoms with Crippen molar-refractivity contribution in [2.75, 3.05) is 0 Å². The van der Waals surface area contributed by atoms with Crippen LogP contribution >= 0.6 is 0 Å². The standard InChI is InChI=1S/C16H23N3O/c1-6-14(12(2)3)8-7-13(4)16(20)18-11-15-17-9-10-19(15)5/h6-10,12H,1,11H2,2-5H3,(H,18,20)/b13-7+,14-8+. The van der Waals surface area contributed by atoms with E-state index >= 15 is 0 Å². The molecule has 1 N–H and O–H groups in total. The number of nitrogens with one attached hydrogen (secondary N) is 1. The van der Waals surface area contributed by atoms with E-state index in [1.807, 2.05) is 36.0 Å². The van der Waals surface area contributed by atoms with E-state index in [9.17, 15) is 4.79 Å². The first-order chi connectivity index (χ1) is 9.45. The van der Waals surface area contributed by atoms with Crippen LogP contribution in [0.4, 0.5) is 0 Å². The van der Waals surface area contributed by atoms with Gasteiger partial charge in [-0.2, -0.15) is 0 Å². The number of aryl methyl sites for hydroxylation is 1. The minimum absolute atomic E-state index is 0.0866. The van der Waals surface area contributed by atoms with E-state index in [0.29, 0.717) is 18.0 Å². The second-order valence-corrected chi connectivity index (χ2v) is 5.01. The van der Waals surface area contributed by atoms with Gasteiger partial charge in [-0.15, -0.1) is 0 Å². The molecular formula is C16H23N3O. The van der Waals surface area contributed by atoms with E-state index in [2.05, 4.69) is 30.7 Å². The Labute approximate surface area is 120 Å². The first-order valence-corrected chi connectivity index (χ1v) is 6.71. The molecule has 4 heteroatoms. The number of carbonyl (C=O) groups is 1. The van der Waals surface area contributed by atoms with E-state index in [1.165, 1.54) is 0 Å². The van der Waals surface area contributed by atoms with Gasteiger partial charge in [-0.3, -0.25) is 4.79 Å². The average molecular weight is 273 g/mol. The molecule has 0 aliphatic heterocycles. The Kier molecular flexibility index (Phi) is 5.97. The van der Waals surface area contributed by atoms with Gasteiger partial charge >= 0.3 is 0 Å². The molecule has 1 rings (SSSR count). The second kappa shape index (κ2) is 7.48. The first kappa shape index (κ1) is 16.0. The molecule has 0 fully saturated rings. The van der Waals surface area contributed by atoms with E-state index in [-0.39, 0.29) is 5.91 Å². The van der Waals surface area contributed by atoms with Gasteiger partial charge in [0.1, 0.15) is 5.82 Å². The van der Waals surface area contributed by atoms with Gasteiger partial charge in [-0.1, -0.05) is 38.7 Å². The largest absolute Gasteiger partial charge is 0.345 e. The van der Waals surface area contributed by atoms with Crippen LogP contribution in [0.1, 0.15) is 26.6 Å². The quantitative estimate of drug-likeness (QED) is 0.640. The van der Waals surface area contributed by atoms with Crippen molar-refractivity contribution < 1.29 is 4.79 Å². The molecule has 1 heterocycles. The van der Waals surface area contributed by atoms with Crippen molar-refractivity contribution in [3.63, 3.8) is 0 Å². The van der Waals surface area contributed by atoms with Gasteiger partial charge in [-0.25, -0.2) is 4.98 Å². The number of hydrogen-bond acceptors (Lipinski definition) is 2. The molecule has 0 aliphatic rings. The van der Waals surface area contributed by atoms with Crippen molar-refractivity contribution in [1.29, 1.82) is 0 Å². The SMILES string of the molecule is C=C/C(=C\C=C(/C)C(=O)NCc1nccn1C)C(C)C. The Hall–Kier alpha value is -2.10. The molecule has 20 heavy (non-hydrogen) atoms. The number of aromatic nitrogens is 2. The highest BCUT2D eigenvalue weighted by atomic mass is 16.1. The lowest BCUT2D eigenvalue weighted by molar-refractivity contribution is -0.117. The van der Waals surface area contributed by atoms with E-state index < -0.39 is 0 Å². The van der Waals surface area contributed by atoms with Crippen molar-refractivity contribution >= 4 is 5.91 Å². The van der Waals surface area contributed by atoms with Gasteiger partial charge in [0.25, 0.3) is 0 Å².